The number of methoxy groups -OCH3 is 1. The molecule has 4 nitrogen and oxygen atoms in total. The summed E-state index contributed by atoms with van der Waals surface area (Å²) in [4.78, 5) is 14.3. The van der Waals surface area contributed by atoms with Crippen LogP contribution in [0, 0.1) is 0 Å². The zero-order valence-electron chi connectivity index (χ0n) is 12.2. The van der Waals surface area contributed by atoms with E-state index in [0.29, 0.717) is 6.42 Å². The van der Waals surface area contributed by atoms with Crippen LogP contribution in [0.4, 0.5) is 5.69 Å². The Bertz CT molecular complexity index is 411. The molecular formula is C16H24N2O2. The Morgan fingerprint density at radius 1 is 1.20 bits per heavy atom. The summed E-state index contributed by atoms with van der Waals surface area (Å²) in [6.45, 7) is 3.43. The van der Waals surface area contributed by atoms with E-state index in [-0.39, 0.29) is 5.91 Å². The topological polar surface area (TPSA) is 41.6 Å². The summed E-state index contributed by atoms with van der Waals surface area (Å²) in [5, 5.41) is 2.92. The first kappa shape index (κ1) is 14.9. The number of amides is 1. The summed E-state index contributed by atoms with van der Waals surface area (Å²) in [7, 11) is 1.63. The van der Waals surface area contributed by atoms with E-state index < -0.39 is 0 Å². The molecule has 110 valence electrons. The Morgan fingerprint density at radius 3 is 2.55 bits per heavy atom. The highest BCUT2D eigenvalue weighted by Gasteiger charge is 2.10. The average Bonchev–Trinajstić information content (AvgIpc) is 2.49. The Labute approximate surface area is 121 Å². The molecule has 0 bridgehead atoms. The van der Waals surface area contributed by atoms with Gasteiger partial charge in [0.05, 0.1) is 7.11 Å². The molecule has 0 radical (unpaired) electrons. The summed E-state index contributed by atoms with van der Waals surface area (Å²) >= 11 is 0. The van der Waals surface area contributed by atoms with Crippen LogP contribution in [-0.2, 0) is 4.79 Å². The summed E-state index contributed by atoms with van der Waals surface area (Å²) in [6, 6.07) is 7.43. The van der Waals surface area contributed by atoms with Crippen molar-refractivity contribution in [3.63, 3.8) is 0 Å². The minimum Gasteiger partial charge on any atom is -0.497 e. The summed E-state index contributed by atoms with van der Waals surface area (Å²) in [5.41, 5.74) is 0.828. The lowest BCUT2D eigenvalue weighted by Crippen LogP contribution is -2.31. The van der Waals surface area contributed by atoms with Crippen LogP contribution in [0.1, 0.15) is 32.1 Å². The number of carbonyl (C=O) groups excluding carboxylic acids is 1. The molecule has 1 amide bonds. The van der Waals surface area contributed by atoms with E-state index in [4.69, 9.17) is 4.74 Å². The molecule has 4 heteroatoms. The van der Waals surface area contributed by atoms with Gasteiger partial charge in [0.2, 0.25) is 5.91 Å². The minimum absolute atomic E-state index is 0.0900. The smallest absolute Gasteiger partial charge is 0.224 e. The number of nitrogens with one attached hydrogen (secondary N) is 1. The van der Waals surface area contributed by atoms with Crippen molar-refractivity contribution in [2.45, 2.75) is 32.1 Å². The van der Waals surface area contributed by atoms with Crippen molar-refractivity contribution in [3.8, 4) is 5.75 Å². The highest BCUT2D eigenvalue weighted by atomic mass is 16.5. The number of nitrogens with zero attached hydrogens (tertiary/aromatic N) is 1. The Hall–Kier alpha value is -1.55. The van der Waals surface area contributed by atoms with Gasteiger partial charge in [0.25, 0.3) is 0 Å². The first-order valence-electron chi connectivity index (χ1n) is 7.44. The van der Waals surface area contributed by atoms with Gasteiger partial charge in [-0.15, -0.1) is 0 Å². The summed E-state index contributed by atoms with van der Waals surface area (Å²) < 4.78 is 5.09. The average molecular weight is 276 g/mol. The van der Waals surface area contributed by atoms with Crippen LogP contribution < -0.4 is 10.1 Å². The van der Waals surface area contributed by atoms with E-state index in [2.05, 4.69) is 10.2 Å². The number of benzene rings is 1. The van der Waals surface area contributed by atoms with Gasteiger partial charge in [0, 0.05) is 12.1 Å². The van der Waals surface area contributed by atoms with E-state index in [1.807, 2.05) is 24.3 Å². The SMILES string of the molecule is COc1ccc(NC(=O)CCCN2CCCCC2)cc1. The van der Waals surface area contributed by atoms with Gasteiger partial charge in [-0.2, -0.15) is 0 Å². The van der Waals surface area contributed by atoms with Crippen LogP contribution in [0.5, 0.6) is 5.75 Å². The molecule has 1 N–H and O–H groups in total. The number of hydrogen-bond donors (Lipinski definition) is 1. The van der Waals surface area contributed by atoms with Gasteiger partial charge < -0.3 is 15.0 Å². The lowest BCUT2D eigenvalue weighted by molar-refractivity contribution is -0.116. The molecule has 0 atom stereocenters. The molecule has 0 spiro atoms. The molecule has 0 aliphatic carbocycles. The molecule has 1 heterocycles. The second-order valence-electron chi connectivity index (χ2n) is 5.28. The quantitative estimate of drug-likeness (QED) is 0.868. The van der Waals surface area contributed by atoms with Gasteiger partial charge in [-0.25, -0.2) is 0 Å². The highest BCUT2D eigenvalue weighted by Crippen LogP contribution is 2.15. The number of hydrogen-bond acceptors (Lipinski definition) is 3. The van der Waals surface area contributed by atoms with Crippen molar-refractivity contribution in [2.75, 3.05) is 32.1 Å². The van der Waals surface area contributed by atoms with Gasteiger partial charge in [0.15, 0.2) is 0 Å². The normalized spacial score (nSPS) is 15.8. The van der Waals surface area contributed by atoms with E-state index in [0.717, 1.165) is 24.4 Å². The molecule has 1 aliphatic rings. The molecular weight excluding hydrogens is 252 g/mol. The number of piperidine rings is 1. The molecule has 0 saturated carbocycles. The fraction of sp³-hybridized carbons (Fsp3) is 0.562. The Kier molecular flexibility index (Phi) is 5.87. The molecule has 0 unspecified atom stereocenters. The standard InChI is InChI=1S/C16H24N2O2/c1-20-15-9-7-14(8-10-15)17-16(19)6-5-13-18-11-3-2-4-12-18/h7-10H,2-6,11-13H2,1H3,(H,17,19). The third-order valence-corrected chi connectivity index (χ3v) is 3.70. The van der Waals surface area contributed by atoms with Crippen LogP contribution in [0.15, 0.2) is 24.3 Å². The number of anilines is 1. The maximum absolute atomic E-state index is 11.8. The summed E-state index contributed by atoms with van der Waals surface area (Å²) in [6.07, 6.45) is 5.48. The number of carbonyl (C=O) groups is 1. The van der Waals surface area contributed by atoms with E-state index in [1.165, 1.54) is 32.4 Å². The molecule has 0 aromatic heterocycles. The third kappa shape index (κ3) is 4.85. The second-order valence-corrected chi connectivity index (χ2v) is 5.28. The van der Waals surface area contributed by atoms with Crippen molar-refractivity contribution in [3.05, 3.63) is 24.3 Å². The van der Waals surface area contributed by atoms with Crippen molar-refractivity contribution in [2.24, 2.45) is 0 Å². The van der Waals surface area contributed by atoms with Crippen LogP contribution in [0.25, 0.3) is 0 Å². The van der Waals surface area contributed by atoms with E-state index in [9.17, 15) is 4.79 Å². The molecule has 2 rings (SSSR count). The number of rotatable bonds is 6. The van der Waals surface area contributed by atoms with Crippen LogP contribution >= 0.6 is 0 Å². The van der Waals surface area contributed by atoms with E-state index >= 15 is 0 Å². The molecule has 20 heavy (non-hydrogen) atoms. The van der Waals surface area contributed by atoms with Crippen LogP contribution in [-0.4, -0.2) is 37.6 Å². The van der Waals surface area contributed by atoms with Crippen molar-refractivity contribution in [1.29, 1.82) is 0 Å². The third-order valence-electron chi connectivity index (χ3n) is 3.70. The first-order valence-corrected chi connectivity index (χ1v) is 7.44. The first-order chi connectivity index (χ1) is 9.78. The minimum atomic E-state index is 0.0900. The van der Waals surface area contributed by atoms with Gasteiger partial charge in [-0.1, -0.05) is 6.42 Å². The highest BCUT2D eigenvalue weighted by molar-refractivity contribution is 5.90. The second kappa shape index (κ2) is 7.90. The maximum Gasteiger partial charge on any atom is 0.224 e. The number of likely N-dealkylation sites (tertiary alicyclic amines) is 1. The molecule has 1 aromatic rings. The van der Waals surface area contributed by atoms with Gasteiger partial charge >= 0.3 is 0 Å². The largest absolute Gasteiger partial charge is 0.497 e. The Balaban J connectivity index is 1.66. The lowest BCUT2D eigenvalue weighted by Gasteiger charge is -2.26. The molecule has 1 fully saturated rings. The van der Waals surface area contributed by atoms with Gasteiger partial charge in [-0.3, -0.25) is 4.79 Å². The van der Waals surface area contributed by atoms with Crippen molar-refractivity contribution >= 4 is 11.6 Å². The van der Waals surface area contributed by atoms with Gasteiger partial charge in [0.1, 0.15) is 5.75 Å². The molecule has 1 aromatic carbocycles. The van der Waals surface area contributed by atoms with Crippen LogP contribution in [0.3, 0.4) is 0 Å². The predicted molar refractivity (Wildman–Crippen MR) is 81.1 cm³/mol. The lowest BCUT2D eigenvalue weighted by atomic mass is 10.1. The van der Waals surface area contributed by atoms with Gasteiger partial charge in [-0.05, 0) is 63.2 Å². The van der Waals surface area contributed by atoms with Crippen molar-refractivity contribution in [1.82, 2.24) is 4.90 Å². The molecule has 1 saturated heterocycles. The summed E-state index contributed by atoms with van der Waals surface area (Å²) in [5.74, 6) is 0.889. The maximum atomic E-state index is 11.8. The fourth-order valence-electron chi connectivity index (χ4n) is 2.54. The van der Waals surface area contributed by atoms with E-state index in [1.54, 1.807) is 7.11 Å². The predicted octanol–water partition coefficient (Wildman–Crippen LogP) is 2.90. The monoisotopic (exact) mass is 276 g/mol. The fourth-order valence-corrected chi connectivity index (χ4v) is 2.54. The van der Waals surface area contributed by atoms with Crippen LogP contribution in [0.2, 0.25) is 0 Å². The van der Waals surface area contributed by atoms with Crippen molar-refractivity contribution < 1.29 is 9.53 Å². The molecule has 1 aliphatic heterocycles. The zero-order valence-corrected chi connectivity index (χ0v) is 12.2. The Morgan fingerprint density at radius 2 is 1.90 bits per heavy atom. The number of ether oxygens (including phenoxy) is 1. The zero-order chi connectivity index (χ0) is 14.2.